The molecule has 1 atom stereocenters. The number of Topliss-reactive ketones (excluding diaryl/α,β-unsaturated/α-hetero) is 1. The molecule has 0 bridgehead atoms. The fourth-order valence-corrected chi connectivity index (χ4v) is 3.57. The van der Waals surface area contributed by atoms with E-state index in [4.69, 9.17) is 0 Å². The van der Waals surface area contributed by atoms with Crippen LogP contribution in [0.3, 0.4) is 0 Å². The van der Waals surface area contributed by atoms with E-state index in [0.717, 1.165) is 11.4 Å². The first kappa shape index (κ1) is 20.5. The molecular weight excluding hydrogens is 384 g/mol. The van der Waals surface area contributed by atoms with Gasteiger partial charge in [-0.2, -0.15) is 0 Å². The summed E-state index contributed by atoms with van der Waals surface area (Å²) in [4.78, 5) is 24.0. The number of thioether (sulfide) groups is 1. The van der Waals surface area contributed by atoms with Crippen LogP contribution in [0.2, 0.25) is 0 Å². The Labute approximate surface area is 174 Å². The Morgan fingerprint density at radius 2 is 1.83 bits per heavy atom. The number of allylic oxidation sites excluding steroid dienone is 1. The van der Waals surface area contributed by atoms with Crippen LogP contribution in [0.15, 0.2) is 72.4 Å². The lowest BCUT2D eigenvalue weighted by Crippen LogP contribution is -2.23. The van der Waals surface area contributed by atoms with E-state index in [-0.39, 0.29) is 16.9 Å². The minimum atomic E-state index is -0.390. The molecule has 0 saturated carbocycles. The topological polar surface area (TPSA) is 76.9 Å². The number of nitrogens with one attached hydrogen (secondary N) is 1. The summed E-state index contributed by atoms with van der Waals surface area (Å²) >= 11 is 1.34. The monoisotopic (exact) mass is 406 g/mol. The number of carbonyl (C=O) groups excluding carboxylic acids is 2. The van der Waals surface area contributed by atoms with E-state index in [9.17, 15) is 9.59 Å². The molecule has 0 aliphatic heterocycles. The lowest BCUT2D eigenvalue weighted by atomic mass is 10.1. The second-order valence-electron chi connectivity index (χ2n) is 6.45. The molecule has 0 radical (unpaired) electrons. The van der Waals surface area contributed by atoms with Gasteiger partial charge in [-0.25, -0.2) is 0 Å². The molecule has 0 aliphatic rings. The molecule has 7 heteroatoms. The van der Waals surface area contributed by atoms with Gasteiger partial charge in [0.15, 0.2) is 16.8 Å². The van der Waals surface area contributed by atoms with Crippen LogP contribution in [0.5, 0.6) is 0 Å². The van der Waals surface area contributed by atoms with E-state index < -0.39 is 0 Å². The Kier molecular flexibility index (Phi) is 6.61. The standard InChI is InChI=1S/C22H22N4O2S/c1-4-14-26-20(18-8-6-5-7-9-18)24-25-22(26)29-16(3)21(28)23-19-12-10-17(11-13-19)15(2)27/h4-13,16H,1,14H2,2-3H3,(H,23,28)/t16-/m1/s1. The second kappa shape index (κ2) is 9.34. The number of benzene rings is 2. The largest absolute Gasteiger partial charge is 0.325 e. The number of aromatic nitrogens is 3. The van der Waals surface area contributed by atoms with Gasteiger partial charge in [0.25, 0.3) is 0 Å². The Morgan fingerprint density at radius 3 is 2.45 bits per heavy atom. The summed E-state index contributed by atoms with van der Waals surface area (Å²) in [5, 5.41) is 11.7. The zero-order chi connectivity index (χ0) is 20.8. The van der Waals surface area contributed by atoms with E-state index in [1.54, 1.807) is 30.3 Å². The molecule has 0 spiro atoms. The number of carbonyl (C=O) groups is 2. The third-order valence-corrected chi connectivity index (χ3v) is 5.35. The van der Waals surface area contributed by atoms with E-state index in [0.29, 0.717) is 23.0 Å². The van der Waals surface area contributed by atoms with E-state index in [2.05, 4.69) is 22.1 Å². The molecular formula is C22H22N4O2S. The van der Waals surface area contributed by atoms with Gasteiger partial charge in [-0.15, -0.1) is 16.8 Å². The average molecular weight is 407 g/mol. The molecule has 148 valence electrons. The van der Waals surface area contributed by atoms with Crippen LogP contribution in [0.4, 0.5) is 5.69 Å². The normalized spacial score (nSPS) is 11.7. The summed E-state index contributed by atoms with van der Waals surface area (Å²) in [5.74, 6) is 0.572. The van der Waals surface area contributed by atoms with Gasteiger partial charge >= 0.3 is 0 Å². The van der Waals surface area contributed by atoms with Crippen LogP contribution in [0.25, 0.3) is 11.4 Å². The highest BCUT2D eigenvalue weighted by Crippen LogP contribution is 2.27. The lowest BCUT2D eigenvalue weighted by molar-refractivity contribution is -0.115. The van der Waals surface area contributed by atoms with Crippen LogP contribution in [0.1, 0.15) is 24.2 Å². The maximum Gasteiger partial charge on any atom is 0.237 e. The van der Waals surface area contributed by atoms with Gasteiger partial charge in [-0.1, -0.05) is 48.2 Å². The number of amides is 1. The molecule has 0 aliphatic carbocycles. The highest BCUT2D eigenvalue weighted by molar-refractivity contribution is 8.00. The molecule has 6 nitrogen and oxygen atoms in total. The molecule has 1 N–H and O–H groups in total. The lowest BCUT2D eigenvalue weighted by Gasteiger charge is -2.13. The van der Waals surface area contributed by atoms with Crippen LogP contribution < -0.4 is 5.32 Å². The molecule has 0 unspecified atom stereocenters. The average Bonchev–Trinajstić information content (AvgIpc) is 3.11. The molecule has 3 aromatic rings. The van der Waals surface area contributed by atoms with Crippen molar-refractivity contribution in [3.63, 3.8) is 0 Å². The SMILES string of the molecule is C=CCn1c(S[C@H](C)C(=O)Nc2ccc(C(C)=O)cc2)nnc1-c1ccccc1. The molecule has 0 saturated heterocycles. The van der Waals surface area contributed by atoms with Crippen molar-refractivity contribution >= 4 is 29.1 Å². The highest BCUT2D eigenvalue weighted by Gasteiger charge is 2.20. The molecule has 1 amide bonds. The van der Waals surface area contributed by atoms with Gasteiger partial charge in [0, 0.05) is 23.4 Å². The van der Waals surface area contributed by atoms with E-state index in [1.165, 1.54) is 18.7 Å². The molecule has 0 fully saturated rings. The van der Waals surface area contributed by atoms with Crippen LogP contribution in [0, 0.1) is 0 Å². The minimum Gasteiger partial charge on any atom is -0.325 e. The molecule has 1 aromatic heterocycles. The quantitative estimate of drug-likeness (QED) is 0.340. The van der Waals surface area contributed by atoms with Crippen molar-refractivity contribution in [3.05, 3.63) is 72.8 Å². The Bertz CT molecular complexity index is 1010. The van der Waals surface area contributed by atoms with Gasteiger partial charge in [0.05, 0.1) is 5.25 Å². The fourth-order valence-electron chi connectivity index (χ4n) is 2.71. The third-order valence-electron chi connectivity index (χ3n) is 4.27. The number of rotatable bonds is 8. The van der Waals surface area contributed by atoms with Gasteiger partial charge in [-0.3, -0.25) is 14.2 Å². The summed E-state index contributed by atoms with van der Waals surface area (Å²) in [5.41, 5.74) is 2.21. The highest BCUT2D eigenvalue weighted by atomic mass is 32.2. The molecule has 2 aromatic carbocycles. The van der Waals surface area contributed by atoms with Crippen molar-refractivity contribution in [3.8, 4) is 11.4 Å². The van der Waals surface area contributed by atoms with Crippen LogP contribution in [-0.4, -0.2) is 31.7 Å². The third kappa shape index (κ3) is 5.00. The first-order chi connectivity index (χ1) is 14.0. The number of hydrogen-bond acceptors (Lipinski definition) is 5. The van der Waals surface area contributed by atoms with Gasteiger partial charge < -0.3 is 5.32 Å². The van der Waals surface area contributed by atoms with Crippen LogP contribution >= 0.6 is 11.8 Å². The van der Waals surface area contributed by atoms with Gasteiger partial charge in [0.1, 0.15) is 0 Å². The first-order valence-corrected chi connectivity index (χ1v) is 10.1. The molecule has 3 rings (SSSR count). The van der Waals surface area contributed by atoms with E-state index in [1.807, 2.05) is 41.8 Å². The number of ketones is 1. The Hall–Kier alpha value is -3.19. The second-order valence-corrected chi connectivity index (χ2v) is 7.76. The van der Waals surface area contributed by atoms with Crippen LogP contribution in [-0.2, 0) is 11.3 Å². The summed E-state index contributed by atoms with van der Waals surface area (Å²) in [6, 6.07) is 16.6. The van der Waals surface area contributed by atoms with Gasteiger partial charge in [0.2, 0.25) is 5.91 Å². The predicted octanol–water partition coefficient (Wildman–Crippen LogP) is 4.45. The summed E-state index contributed by atoms with van der Waals surface area (Å²) in [6.07, 6.45) is 1.78. The Morgan fingerprint density at radius 1 is 1.14 bits per heavy atom. The smallest absolute Gasteiger partial charge is 0.237 e. The first-order valence-electron chi connectivity index (χ1n) is 9.17. The van der Waals surface area contributed by atoms with Crippen molar-refractivity contribution in [2.24, 2.45) is 0 Å². The Balaban J connectivity index is 1.73. The zero-order valence-corrected chi connectivity index (χ0v) is 17.1. The van der Waals surface area contributed by atoms with Gasteiger partial charge in [-0.05, 0) is 38.1 Å². The van der Waals surface area contributed by atoms with Crippen molar-refractivity contribution in [1.82, 2.24) is 14.8 Å². The fraction of sp³-hybridized carbons (Fsp3) is 0.182. The number of anilines is 1. The van der Waals surface area contributed by atoms with Crippen molar-refractivity contribution in [2.75, 3.05) is 5.32 Å². The summed E-state index contributed by atoms with van der Waals surface area (Å²) < 4.78 is 1.94. The number of hydrogen-bond donors (Lipinski definition) is 1. The predicted molar refractivity (Wildman–Crippen MR) is 116 cm³/mol. The maximum absolute atomic E-state index is 12.6. The van der Waals surface area contributed by atoms with E-state index >= 15 is 0 Å². The van der Waals surface area contributed by atoms with Crippen molar-refractivity contribution in [1.29, 1.82) is 0 Å². The zero-order valence-electron chi connectivity index (χ0n) is 16.3. The molecule has 1 heterocycles. The summed E-state index contributed by atoms with van der Waals surface area (Å²) in [7, 11) is 0. The minimum absolute atomic E-state index is 0.0115. The molecule has 29 heavy (non-hydrogen) atoms. The maximum atomic E-state index is 12.6. The van der Waals surface area contributed by atoms with Crippen molar-refractivity contribution in [2.45, 2.75) is 30.8 Å². The number of nitrogens with zero attached hydrogens (tertiary/aromatic N) is 3. The van der Waals surface area contributed by atoms with Crippen molar-refractivity contribution < 1.29 is 9.59 Å². The summed E-state index contributed by atoms with van der Waals surface area (Å²) in [6.45, 7) is 7.68.